The fourth-order valence-corrected chi connectivity index (χ4v) is 4.14. The van der Waals surface area contributed by atoms with Gasteiger partial charge in [-0.05, 0) is 55.2 Å². The lowest BCUT2D eigenvalue weighted by atomic mass is 10.1. The Labute approximate surface area is 178 Å². The Hall–Kier alpha value is -3.03. The van der Waals surface area contributed by atoms with Gasteiger partial charge in [-0.25, -0.2) is 0 Å². The molecule has 2 heterocycles. The molecule has 0 bridgehead atoms. The van der Waals surface area contributed by atoms with E-state index in [0.29, 0.717) is 18.7 Å². The number of hydrogen-bond donors (Lipinski definition) is 1. The Kier molecular flexibility index (Phi) is 5.89. The Morgan fingerprint density at radius 1 is 0.968 bits per heavy atom. The molecule has 2 aliphatic rings. The van der Waals surface area contributed by atoms with Crippen molar-refractivity contribution in [2.75, 3.05) is 34.8 Å². The molecule has 0 unspecified atom stereocenters. The summed E-state index contributed by atoms with van der Waals surface area (Å²) in [5.41, 5.74) is 1.52. The van der Waals surface area contributed by atoms with Crippen molar-refractivity contribution in [2.45, 2.75) is 38.3 Å². The predicted octanol–water partition coefficient (Wildman–Crippen LogP) is 4.61. The molecule has 2 amide bonds. The second kappa shape index (κ2) is 8.61. The second-order valence-corrected chi connectivity index (χ2v) is 7.96. The third-order valence-electron chi connectivity index (χ3n) is 5.73. The Morgan fingerprint density at radius 3 is 2.29 bits per heavy atom. The molecule has 1 N–H and O–H groups in total. The van der Waals surface area contributed by atoms with Crippen molar-refractivity contribution in [2.24, 2.45) is 0 Å². The van der Waals surface area contributed by atoms with Gasteiger partial charge in [0.2, 0.25) is 11.8 Å². The van der Waals surface area contributed by atoms with Crippen LogP contribution in [-0.4, -0.2) is 31.4 Å². The van der Waals surface area contributed by atoms with Crippen molar-refractivity contribution in [1.29, 1.82) is 0 Å². The zero-order chi connectivity index (χ0) is 22.0. The Morgan fingerprint density at radius 2 is 1.68 bits per heavy atom. The highest BCUT2D eigenvalue weighted by Crippen LogP contribution is 2.36. The smallest absolute Gasteiger partial charge is 0.370 e. The first kappa shape index (κ1) is 21.2. The van der Waals surface area contributed by atoms with E-state index < -0.39 is 11.7 Å². The van der Waals surface area contributed by atoms with Crippen LogP contribution in [0, 0.1) is 0 Å². The monoisotopic (exact) mass is 431 g/mol. The lowest BCUT2D eigenvalue weighted by Gasteiger charge is -2.23. The number of carbonyl (C=O) groups excluding carboxylic acids is 2. The maximum Gasteiger partial charge on any atom is 0.416 e. The molecule has 2 aromatic carbocycles. The number of hydrogen-bond acceptors (Lipinski definition) is 3. The fourth-order valence-electron chi connectivity index (χ4n) is 4.14. The predicted molar refractivity (Wildman–Crippen MR) is 113 cm³/mol. The summed E-state index contributed by atoms with van der Waals surface area (Å²) in [6.07, 6.45) is -1.13. The summed E-state index contributed by atoms with van der Waals surface area (Å²) in [6, 6.07) is 10.6. The van der Waals surface area contributed by atoms with Crippen LogP contribution < -0.4 is 15.1 Å². The van der Waals surface area contributed by atoms with E-state index in [0.717, 1.165) is 55.7 Å². The van der Waals surface area contributed by atoms with E-state index in [1.165, 1.54) is 6.07 Å². The van der Waals surface area contributed by atoms with E-state index in [9.17, 15) is 22.8 Å². The highest BCUT2D eigenvalue weighted by Gasteiger charge is 2.32. The zero-order valence-corrected chi connectivity index (χ0v) is 17.0. The summed E-state index contributed by atoms with van der Waals surface area (Å²) in [4.78, 5) is 28.2. The normalized spacial score (nSPS) is 16.8. The van der Waals surface area contributed by atoms with E-state index in [1.807, 2.05) is 4.90 Å². The molecule has 2 saturated heterocycles. The topological polar surface area (TPSA) is 52.7 Å². The number of nitrogens with zero attached hydrogens (tertiary/aromatic N) is 2. The average molecular weight is 431 g/mol. The van der Waals surface area contributed by atoms with Crippen LogP contribution in [-0.2, 0) is 22.2 Å². The van der Waals surface area contributed by atoms with Gasteiger partial charge in [0, 0.05) is 31.7 Å². The Balaban J connectivity index is 1.49. The minimum Gasteiger partial charge on any atom is -0.370 e. The third-order valence-corrected chi connectivity index (χ3v) is 5.73. The number of amides is 2. The van der Waals surface area contributed by atoms with Gasteiger partial charge in [0.1, 0.15) is 0 Å². The van der Waals surface area contributed by atoms with Crippen molar-refractivity contribution < 1.29 is 22.8 Å². The zero-order valence-electron chi connectivity index (χ0n) is 17.0. The molecule has 2 aromatic rings. The summed E-state index contributed by atoms with van der Waals surface area (Å²) in [5.74, 6) is -0.297. The first-order valence-electron chi connectivity index (χ1n) is 10.5. The number of nitrogens with one attached hydrogen (secondary N) is 1. The van der Waals surface area contributed by atoms with Gasteiger partial charge in [-0.2, -0.15) is 13.2 Å². The van der Waals surface area contributed by atoms with Crippen LogP contribution in [0.15, 0.2) is 42.5 Å². The molecule has 0 aromatic heterocycles. The van der Waals surface area contributed by atoms with E-state index in [2.05, 4.69) is 5.32 Å². The van der Waals surface area contributed by atoms with Crippen molar-refractivity contribution in [3.8, 4) is 0 Å². The number of anilines is 3. The van der Waals surface area contributed by atoms with Crippen LogP contribution in [0.4, 0.5) is 30.2 Å². The van der Waals surface area contributed by atoms with Gasteiger partial charge in [-0.3, -0.25) is 9.59 Å². The lowest BCUT2D eigenvalue weighted by molar-refractivity contribution is -0.137. The molecule has 164 valence electrons. The van der Waals surface area contributed by atoms with E-state index in [4.69, 9.17) is 0 Å². The van der Waals surface area contributed by atoms with Crippen molar-refractivity contribution in [3.63, 3.8) is 0 Å². The molecule has 2 fully saturated rings. The maximum atomic E-state index is 13.2. The number of carbonyl (C=O) groups is 2. The largest absolute Gasteiger partial charge is 0.416 e. The summed E-state index contributed by atoms with van der Waals surface area (Å²) in [6.45, 7) is 2.20. The Bertz CT molecular complexity index is 967. The van der Waals surface area contributed by atoms with Crippen molar-refractivity contribution >= 4 is 28.9 Å². The van der Waals surface area contributed by atoms with E-state index >= 15 is 0 Å². The molecular weight excluding hydrogens is 407 g/mol. The summed E-state index contributed by atoms with van der Waals surface area (Å²) < 4.78 is 39.6. The third kappa shape index (κ3) is 4.84. The average Bonchev–Trinajstić information content (AvgIpc) is 3.40. The van der Waals surface area contributed by atoms with Gasteiger partial charge in [0.15, 0.2) is 0 Å². The van der Waals surface area contributed by atoms with Crippen LogP contribution in [0.25, 0.3) is 0 Å². The van der Waals surface area contributed by atoms with Crippen molar-refractivity contribution in [1.82, 2.24) is 0 Å². The molecule has 8 heteroatoms. The minimum absolute atomic E-state index is 0.0317. The molecular formula is C23H24F3N3O2. The van der Waals surface area contributed by atoms with Crippen LogP contribution >= 0.6 is 0 Å². The van der Waals surface area contributed by atoms with Gasteiger partial charge < -0.3 is 15.1 Å². The quantitative estimate of drug-likeness (QED) is 0.752. The lowest BCUT2D eigenvalue weighted by Crippen LogP contribution is -2.23. The number of benzene rings is 2. The minimum atomic E-state index is -4.48. The molecule has 4 rings (SSSR count). The fraction of sp³-hybridized carbons (Fsp3) is 0.391. The first-order chi connectivity index (χ1) is 14.8. The number of halogens is 3. The highest BCUT2D eigenvalue weighted by atomic mass is 19.4. The van der Waals surface area contributed by atoms with E-state index in [1.54, 1.807) is 29.2 Å². The molecule has 0 radical (unpaired) electrons. The SMILES string of the molecule is O=C(Cc1ccc(N2CCCC2=O)cc1)Nc1cc(C(F)(F)F)ccc1N1CCCC1. The molecule has 5 nitrogen and oxygen atoms in total. The van der Waals surface area contributed by atoms with Gasteiger partial charge in [0.25, 0.3) is 0 Å². The highest BCUT2D eigenvalue weighted by molar-refractivity contribution is 5.97. The molecule has 31 heavy (non-hydrogen) atoms. The van der Waals surface area contributed by atoms with Crippen LogP contribution in [0.5, 0.6) is 0 Å². The van der Waals surface area contributed by atoms with Crippen LogP contribution in [0.1, 0.15) is 36.8 Å². The summed E-state index contributed by atoms with van der Waals surface area (Å²) >= 11 is 0. The number of alkyl halides is 3. The molecule has 0 spiro atoms. The van der Waals surface area contributed by atoms with Gasteiger partial charge in [0.05, 0.1) is 23.4 Å². The van der Waals surface area contributed by atoms with Gasteiger partial charge in [-0.1, -0.05) is 12.1 Å². The van der Waals surface area contributed by atoms with Crippen LogP contribution in [0.2, 0.25) is 0 Å². The van der Waals surface area contributed by atoms with Gasteiger partial charge >= 0.3 is 6.18 Å². The first-order valence-corrected chi connectivity index (χ1v) is 10.5. The van der Waals surface area contributed by atoms with E-state index in [-0.39, 0.29) is 23.9 Å². The molecule has 0 atom stereocenters. The standard InChI is InChI=1S/C23H24F3N3O2/c24-23(25,26)17-7-10-20(28-11-1-2-12-28)19(15-17)27-21(30)14-16-5-8-18(9-6-16)29-13-3-4-22(29)31/h5-10,15H,1-4,11-14H2,(H,27,30). The maximum absolute atomic E-state index is 13.2. The second-order valence-electron chi connectivity index (χ2n) is 7.96. The van der Waals surface area contributed by atoms with Crippen molar-refractivity contribution in [3.05, 3.63) is 53.6 Å². The van der Waals surface area contributed by atoms with Crippen LogP contribution in [0.3, 0.4) is 0 Å². The molecule has 0 aliphatic carbocycles. The summed E-state index contributed by atoms with van der Waals surface area (Å²) in [5, 5.41) is 2.68. The van der Waals surface area contributed by atoms with Gasteiger partial charge in [-0.15, -0.1) is 0 Å². The number of rotatable bonds is 5. The molecule has 0 saturated carbocycles. The molecule has 2 aliphatic heterocycles. The summed E-state index contributed by atoms with van der Waals surface area (Å²) in [7, 11) is 0.